The summed E-state index contributed by atoms with van der Waals surface area (Å²) in [6.45, 7) is 2.89. The van der Waals surface area contributed by atoms with Crippen molar-refractivity contribution >= 4 is 32.9 Å². The van der Waals surface area contributed by atoms with Crippen molar-refractivity contribution in [2.24, 2.45) is 0 Å². The van der Waals surface area contributed by atoms with E-state index in [9.17, 15) is 18.0 Å². The summed E-state index contributed by atoms with van der Waals surface area (Å²) in [4.78, 5) is 28.1. The van der Waals surface area contributed by atoms with Gasteiger partial charge in [0.2, 0.25) is 5.91 Å². The van der Waals surface area contributed by atoms with E-state index in [1.807, 2.05) is 16.3 Å². The van der Waals surface area contributed by atoms with Crippen molar-refractivity contribution in [3.8, 4) is 0 Å². The minimum atomic E-state index is -2.85. The van der Waals surface area contributed by atoms with E-state index in [1.54, 1.807) is 6.07 Å². The van der Waals surface area contributed by atoms with Gasteiger partial charge in [0.05, 0.1) is 36.8 Å². The SMILES string of the molecule is O=C(CCC(=O)N1CC[NH+]([C@H]2CCS(=O)(=O)C2)CC1)c1cccs1. The third kappa shape index (κ3) is 4.23. The zero-order valence-corrected chi connectivity index (χ0v) is 15.2. The second kappa shape index (κ2) is 7.33. The van der Waals surface area contributed by atoms with E-state index in [2.05, 4.69) is 0 Å². The number of Topliss-reactive ketones (excluding diaryl/α,β-unsaturated/α-hetero) is 1. The molecule has 0 spiro atoms. The van der Waals surface area contributed by atoms with Crippen LogP contribution in [0.3, 0.4) is 0 Å². The van der Waals surface area contributed by atoms with Gasteiger partial charge in [0.1, 0.15) is 11.8 Å². The first-order valence-electron chi connectivity index (χ1n) is 8.34. The Hall–Kier alpha value is -1.25. The standard InChI is InChI=1S/C16H22N2O4S2/c19-14(15-2-1-10-23-15)3-4-16(20)18-8-6-17(7-9-18)13-5-11-24(21,22)12-13/h1-2,10,13H,3-9,11-12H2/p+1/t13-/m0/s1. The number of amides is 1. The van der Waals surface area contributed by atoms with Crippen LogP contribution in [0.5, 0.6) is 0 Å². The molecule has 132 valence electrons. The lowest BCUT2D eigenvalue weighted by Gasteiger charge is -2.35. The predicted molar refractivity (Wildman–Crippen MR) is 92.2 cm³/mol. The number of rotatable bonds is 5. The Morgan fingerprint density at radius 3 is 2.58 bits per heavy atom. The first-order valence-corrected chi connectivity index (χ1v) is 11.0. The molecule has 6 nitrogen and oxygen atoms in total. The Morgan fingerprint density at radius 2 is 2.00 bits per heavy atom. The molecule has 1 N–H and O–H groups in total. The molecule has 2 aliphatic heterocycles. The molecule has 0 aromatic carbocycles. The van der Waals surface area contributed by atoms with E-state index in [0.717, 1.165) is 19.5 Å². The van der Waals surface area contributed by atoms with Crippen LogP contribution in [-0.2, 0) is 14.6 Å². The lowest BCUT2D eigenvalue weighted by Crippen LogP contribution is -3.18. The fourth-order valence-corrected chi connectivity index (χ4v) is 6.03. The maximum absolute atomic E-state index is 12.3. The molecule has 0 radical (unpaired) electrons. The number of thiophene rings is 1. The van der Waals surface area contributed by atoms with E-state index in [4.69, 9.17) is 0 Å². The molecule has 2 saturated heterocycles. The number of carbonyl (C=O) groups excluding carboxylic acids is 2. The normalized spacial score (nSPS) is 24.2. The number of ketones is 1. The number of nitrogens with one attached hydrogen (secondary N) is 1. The fraction of sp³-hybridized carbons (Fsp3) is 0.625. The maximum Gasteiger partial charge on any atom is 0.223 e. The third-order valence-corrected chi connectivity index (χ3v) is 7.61. The number of carbonyl (C=O) groups is 2. The minimum Gasteiger partial charge on any atom is -0.331 e. The predicted octanol–water partition coefficient (Wildman–Crippen LogP) is -0.375. The number of hydrogen-bond donors (Lipinski definition) is 1. The molecule has 1 aromatic rings. The Balaban J connectivity index is 1.43. The highest BCUT2D eigenvalue weighted by molar-refractivity contribution is 7.91. The molecular weight excluding hydrogens is 348 g/mol. The fourth-order valence-electron chi connectivity index (χ4n) is 3.51. The van der Waals surface area contributed by atoms with Crippen LogP contribution >= 0.6 is 11.3 Å². The van der Waals surface area contributed by atoms with Gasteiger partial charge in [-0.2, -0.15) is 0 Å². The van der Waals surface area contributed by atoms with Crippen LogP contribution in [0, 0.1) is 0 Å². The Morgan fingerprint density at radius 1 is 1.25 bits per heavy atom. The highest BCUT2D eigenvalue weighted by Crippen LogP contribution is 2.13. The molecule has 0 aliphatic carbocycles. The number of hydrogen-bond acceptors (Lipinski definition) is 5. The molecule has 2 aliphatic rings. The van der Waals surface area contributed by atoms with Gasteiger partial charge in [-0.15, -0.1) is 11.3 Å². The lowest BCUT2D eigenvalue weighted by atomic mass is 10.1. The molecule has 3 heterocycles. The summed E-state index contributed by atoms with van der Waals surface area (Å²) in [5.41, 5.74) is 0. The smallest absolute Gasteiger partial charge is 0.223 e. The van der Waals surface area contributed by atoms with Gasteiger partial charge in [0.25, 0.3) is 0 Å². The second-order valence-corrected chi connectivity index (χ2v) is 9.72. The van der Waals surface area contributed by atoms with Gasteiger partial charge >= 0.3 is 0 Å². The molecule has 0 bridgehead atoms. The van der Waals surface area contributed by atoms with E-state index < -0.39 is 9.84 Å². The van der Waals surface area contributed by atoms with Gasteiger partial charge in [0.15, 0.2) is 15.6 Å². The molecule has 2 fully saturated rings. The van der Waals surface area contributed by atoms with E-state index >= 15 is 0 Å². The minimum absolute atomic E-state index is 0.0259. The van der Waals surface area contributed by atoms with E-state index in [0.29, 0.717) is 23.7 Å². The van der Waals surface area contributed by atoms with Gasteiger partial charge in [-0.1, -0.05) is 6.07 Å². The van der Waals surface area contributed by atoms with Gasteiger partial charge < -0.3 is 9.80 Å². The topological polar surface area (TPSA) is 76.0 Å². The summed E-state index contributed by atoms with van der Waals surface area (Å²) in [7, 11) is -2.85. The Bertz CT molecular complexity index is 692. The molecule has 1 aromatic heterocycles. The highest BCUT2D eigenvalue weighted by atomic mass is 32.2. The average molecular weight is 372 g/mol. The van der Waals surface area contributed by atoms with Crippen molar-refractivity contribution in [1.29, 1.82) is 0 Å². The molecule has 3 rings (SSSR count). The summed E-state index contributed by atoms with van der Waals surface area (Å²) in [5, 5.41) is 1.86. The van der Waals surface area contributed by atoms with Crippen LogP contribution in [0.2, 0.25) is 0 Å². The van der Waals surface area contributed by atoms with Crippen LogP contribution in [0.25, 0.3) is 0 Å². The maximum atomic E-state index is 12.3. The van der Waals surface area contributed by atoms with Crippen LogP contribution < -0.4 is 4.90 Å². The van der Waals surface area contributed by atoms with Crippen LogP contribution in [0.4, 0.5) is 0 Å². The number of piperazine rings is 1. The molecule has 8 heteroatoms. The van der Waals surface area contributed by atoms with Crippen molar-refractivity contribution in [3.05, 3.63) is 22.4 Å². The first kappa shape index (κ1) is 17.6. The molecule has 1 atom stereocenters. The summed E-state index contributed by atoms with van der Waals surface area (Å²) in [5.74, 6) is 0.636. The summed E-state index contributed by atoms with van der Waals surface area (Å²) < 4.78 is 23.2. The van der Waals surface area contributed by atoms with Gasteiger partial charge in [-0.25, -0.2) is 8.42 Å². The van der Waals surface area contributed by atoms with Crippen LogP contribution in [-0.4, -0.2) is 68.7 Å². The zero-order valence-electron chi connectivity index (χ0n) is 13.6. The van der Waals surface area contributed by atoms with Crippen molar-refractivity contribution in [3.63, 3.8) is 0 Å². The summed E-state index contributed by atoms with van der Waals surface area (Å²) in [6, 6.07) is 3.81. The largest absolute Gasteiger partial charge is 0.331 e. The van der Waals surface area contributed by atoms with Gasteiger partial charge in [0, 0.05) is 19.3 Å². The Labute approximate surface area is 146 Å². The number of quaternary nitrogens is 1. The summed E-state index contributed by atoms with van der Waals surface area (Å²) >= 11 is 1.41. The monoisotopic (exact) mass is 371 g/mol. The first-order chi connectivity index (χ1) is 11.4. The van der Waals surface area contributed by atoms with Crippen LogP contribution in [0.15, 0.2) is 17.5 Å². The van der Waals surface area contributed by atoms with Crippen molar-refractivity contribution in [1.82, 2.24) is 4.90 Å². The van der Waals surface area contributed by atoms with E-state index in [-0.39, 0.29) is 36.3 Å². The molecule has 0 unspecified atom stereocenters. The Kier molecular flexibility index (Phi) is 5.36. The van der Waals surface area contributed by atoms with Gasteiger partial charge in [-0.05, 0) is 11.4 Å². The van der Waals surface area contributed by atoms with E-state index in [1.165, 1.54) is 16.2 Å². The van der Waals surface area contributed by atoms with Gasteiger partial charge in [-0.3, -0.25) is 9.59 Å². The summed E-state index contributed by atoms with van der Waals surface area (Å²) in [6.07, 6.45) is 1.25. The number of sulfone groups is 1. The molecule has 1 amide bonds. The second-order valence-electron chi connectivity index (χ2n) is 6.54. The van der Waals surface area contributed by atoms with Crippen molar-refractivity contribution in [2.45, 2.75) is 25.3 Å². The highest BCUT2D eigenvalue weighted by Gasteiger charge is 2.37. The lowest BCUT2D eigenvalue weighted by molar-refractivity contribution is -0.925. The zero-order chi connectivity index (χ0) is 17.2. The quantitative estimate of drug-likeness (QED) is 0.717. The van der Waals surface area contributed by atoms with Crippen molar-refractivity contribution < 1.29 is 22.9 Å². The number of nitrogens with zero attached hydrogens (tertiary/aromatic N) is 1. The molecule has 0 saturated carbocycles. The third-order valence-electron chi connectivity index (χ3n) is 4.93. The van der Waals surface area contributed by atoms with Crippen LogP contribution in [0.1, 0.15) is 28.9 Å². The molecular formula is C16H23N2O4S2+. The van der Waals surface area contributed by atoms with Crippen molar-refractivity contribution in [2.75, 3.05) is 37.7 Å². The molecule has 24 heavy (non-hydrogen) atoms. The average Bonchev–Trinajstić information content (AvgIpc) is 3.22.